The van der Waals surface area contributed by atoms with Gasteiger partial charge in [-0.05, 0) is 18.1 Å². The van der Waals surface area contributed by atoms with E-state index in [1.165, 1.54) is 0 Å². The molecule has 0 spiro atoms. The number of aryl methyl sites for hydroxylation is 1. The van der Waals surface area contributed by atoms with Crippen molar-refractivity contribution in [2.24, 2.45) is 0 Å². The first kappa shape index (κ1) is 19.1. The van der Waals surface area contributed by atoms with Crippen molar-refractivity contribution in [2.45, 2.75) is 19.3 Å². The summed E-state index contributed by atoms with van der Waals surface area (Å²) >= 11 is 0. The summed E-state index contributed by atoms with van der Waals surface area (Å²) in [4.78, 5) is 35.2. The van der Waals surface area contributed by atoms with Crippen LogP contribution in [0, 0.1) is 6.92 Å². The van der Waals surface area contributed by atoms with Crippen molar-refractivity contribution in [3.05, 3.63) is 83.4 Å². The number of hydrogen-bond acceptors (Lipinski definition) is 4. The van der Waals surface area contributed by atoms with Crippen LogP contribution in [-0.4, -0.2) is 29.4 Å². The summed E-state index contributed by atoms with van der Waals surface area (Å²) in [7, 11) is 0. The maximum absolute atomic E-state index is 12.8. The smallest absolute Gasteiger partial charge is 0.334 e. The summed E-state index contributed by atoms with van der Waals surface area (Å²) in [6, 6.07) is 16.8. The summed E-state index contributed by atoms with van der Waals surface area (Å²) in [5, 5.41) is 8.68. The molecule has 2 aromatic rings. The predicted octanol–water partition coefficient (Wildman–Crippen LogP) is 3.27. The van der Waals surface area contributed by atoms with Gasteiger partial charge in [0.05, 0.1) is 12.3 Å². The van der Waals surface area contributed by atoms with Gasteiger partial charge in [-0.1, -0.05) is 66.7 Å². The molecule has 0 bridgehead atoms. The predicted molar refractivity (Wildman–Crippen MR) is 96.8 cm³/mol. The summed E-state index contributed by atoms with van der Waals surface area (Å²) in [5.41, 5.74) is 2.47. The number of ether oxygens (including phenoxy) is 1. The van der Waals surface area contributed by atoms with Gasteiger partial charge in [0.1, 0.15) is 0 Å². The lowest BCUT2D eigenvalue weighted by Gasteiger charge is -2.17. The van der Waals surface area contributed by atoms with Gasteiger partial charge in [0, 0.05) is 5.57 Å². The minimum atomic E-state index is -1.18. The van der Waals surface area contributed by atoms with Crippen LogP contribution in [0.4, 0.5) is 0 Å². The fourth-order valence-electron chi connectivity index (χ4n) is 2.55. The Hall–Kier alpha value is -3.21. The van der Waals surface area contributed by atoms with E-state index < -0.39 is 30.9 Å². The van der Waals surface area contributed by atoms with E-state index in [4.69, 9.17) is 9.84 Å². The van der Waals surface area contributed by atoms with Crippen molar-refractivity contribution in [1.29, 1.82) is 0 Å². The molecule has 0 aromatic heterocycles. The zero-order valence-electron chi connectivity index (χ0n) is 14.5. The molecule has 0 amide bonds. The molecule has 0 saturated carbocycles. The molecule has 5 heteroatoms. The number of aliphatic carboxylic acids is 1. The van der Waals surface area contributed by atoms with Gasteiger partial charge in [0.2, 0.25) is 0 Å². The second-order valence-electron chi connectivity index (χ2n) is 5.97. The Morgan fingerprint density at radius 1 is 1.00 bits per heavy atom. The topological polar surface area (TPSA) is 80.7 Å². The third-order valence-corrected chi connectivity index (χ3v) is 3.86. The fraction of sp³-hybridized carbons (Fsp3) is 0.190. The molecule has 0 aliphatic rings. The molecule has 0 fully saturated rings. The zero-order chi connectivity index (χ0) is 19.1. The van der Waals surface area contributed by atoms with Crippen molar-refractivity contribution < 1.29 is 24.2 Å². The van der Waals surface area contributed by atoms with Crippen molar-refractivity contribution in [3.63, 3.8) is 0 Å². The molecule has 2 rings (SSSR count). The van der Waals surface area contributed by atoms with Crippen LogP contribution in [0.2, 0.25) is 0 Å². The van der Waals surface area contributed by atoms with E-state index in [2.05, 4.69) is 6.58 Å². The molecule has 134 valence electrons. The molecular formula is C21H20O5. The van der Waals surface area contributed by atoms with Crippen molar-refractivity contribution in [1.82, 2.24) is 0 Å². The molecular weight excluding hydrogens is 332 g/mol. The second kappa shape index (κ2) is 8.76. The molecule has 0 radical (unpaired) electrons. The Morgan fingerprint density at radius 2 is 1.58 bits per heavy atom. The van der Waals surface area contributed by atoms with Gasteiger partial charge < -0.3 is 9.84 Å². The average molecular weight is 352 g/mol. The number of carboxylic acid groups (broad SMARTS) is 1. The number of esters is 1. The Labute approximate surface area is 151 Å². The third kappa shape index (κ3) is 5.14. The van der Waals surface area contributed by atoms with E-state index in [1.807, 2.05) is 61.5 Å². The summed E-state index contributed by atoms with van der Waals surface area (Å²) in [6.07, 6.45) is -0.521. The van der Waals surface area contributed by atoms with Crippen molar-refractivity contribution >= 4 is 17.7 Å². The molecule has 26 heavy (non-hydrogen) atoms. The Morgan fingerprint density at radius 3 is 2.15 bits per heavy atom. The molecule has 1 N–H and O–H groups in total. The fourth-order valence-corrected chi connectivity index (χ4v) is 2.55. The lowest BCUT2D eigenvalue weighted by atomic mass is 9.87. The van der Waals surface area contributed by atoms with Gasteiger partial charge in [-0.25, -0.2) is 4.79 Å². The van der Waals surface area contributed by atoms with Crippen LogP contribution >= 0.6 is 0 Å². The first-order valence-corrected chi connectivity index (χ1v) is 8.09. The molecule has 1 unspecified atom stereocenters. The van der Waals surface area contributed by atoms with Gasteiger partial charge in [0.25, 0.3) is 0 Å². The van der Waals surface area contributed by atoms with E-state index in [1.54, 1.807) is 0 Å². The zero-order valence-corrected chi connectivity index (χ0v) is 14.5. The number of carbonyl (C=O) groups excluding carboxylic acids is 2. The maximum atomic E-state index is 12.8. The third-order valence-electron chi connectivity index (χ3n) is 3.86. The molecule has 2 aromatic carbocycles. The Bertz CT molecular complexity index is 806. The first-order chi connectivity index (χ1) is 12.4. The number of benzene rings is 2. The van der Waals surface area contributed by atoms with Crippen molar-refractivity contribution in [3.8, 4) is 0 Å². The van der Waals surface area contributed by atoms with E-state index >= 15 is 0 Å². The highest BCUT2D eigenvalue weighted by molar-refractivity contribution is 5.96. The van der Waals surface area contributed by atoms with Gasteiger partial charge in [-0.2, -0.15) is 0 Å². The highest BCUT2D eigenvalue weighted by Gasteiger charge is 2.24. The lowest BCUT2D eigenvalue weighted by Crippen LogP contribution is -2.22. The minimum absolute atomic E-state index is 0.197. The lowest BCUT2D eigenvalue weighted by molar-refractivity contribution is -0.146. The minimum Gasteiger partial charge on any atom is -0.481 e. The molecule has 0 aliphatic carbocycles. The quantitative estimate of drug-likeness (QED) is 0.582. The molecule has 0 aliphatic heterocycles. The molecule has 0 heterocycles. The number of hydrogen-bond donors (Lipinski definition) is 1. The molecule has 5 nitrogen and oxygen atoms in total. The molecule has 0 saturated heterocycles. The number of Topliss-reactive ketones (excluding diaryl/α,β-unsaturated/α-hetero) is 1. The van der Waals surface area contributed by atoms with Crippen LogP contribution in [0.5, 0.6) is 0 Å². The van der Waals surface area contributed by atoms with Crippen LogP contribution in [0.1, 0.15) is 29.0 Å². The van der Waals surface area contributed by atoms with E-state index in [-0.39, 0.29) is 11.4 Å². The number of carbonyl (C=O) groups is 3. The standard InChI is InChI=1S/C21H20O5/c1-14-8-10-17(11-9-14)20(16-6-4-3-5-7-16)18(22)13-26-21(25)15(2)12-19(23)24/h3-11,20H,2,12-13H2,1H3,(H,23,24). The Balaban J connectivity index is 2.16. The maximum Gasteiger partial charge on any atom is 0.334 e. The average Bonchev–Trinajstić information content (AvgIpc) is 2.62. The van der Waals surface area contributed by atoms with Gasteiger partial charge in [0.15, 0.2) is 12.4 Å². The molecule has 1 atom stereocenters. The van der Waals surface area contributed by atoms with Gasteiger partial charge in [-0.15, -0.1) is 0 Å². The summed E-state index contributed by atoms with van der Waals surface area (Å²) < 4.78 is 4.96. The SMILES string of the molecule is C=C(CC(=O)O)C(=O)OCC(=O)C(c1ccccc1)c1ccc(C)cc1. The first-order valence-electron chi connectivity index (χ1n) is 8.09. The number of ketones is 1. The van der Waals surface area contributed by atoms with Gasteiger partial charge in [-0.3, -0.25) is 9.59 Å². The normalized spacial score (nSPS) is 11.4. The second-order valence-corrected chi connectivity index (χ2v) is 5.97. The van der Waals surface area contributed by atoms with Crippen LogP contribution in [-0.2, 0) is 19.1 Å². The van der Waals surface area contributed by atoms with Crippen LogP contribution in [0.3, 0.4) is 0 Å². The van der Waals surface area contributed by atoms with E-state index in [9.17, 15) is 14.4 Å². The monoisotopic (exact) mass is 352 g/mol. The number of rotatable bonds is 8. The van der Waals surface area contributed by atoms with Crippen LogP contribution in [0.15, 0.2) is 66.7 Å². The largest absolute Gasteiger partial charge is 0.481 e. The number of carboxylic acids is 1. The van der Waals surface area contributed by atoms with Crippen LogP contribution < -0.4 is 0 Å². The summed E-state index contributed by atoms with van der Waals surface area (Å²) in [5.74, 6) is -2.93. The van der Waals surface area contributed by atoms with Gasteiger partial charge >= 0.3 is 11.9 Å². The highest BCUT2D eigenvalue weighted by Crippen LogP contribution is 2.26. The van der Waals surface area contributed by atoms with Crippen molar-refractivity contribution in [2.75, 3.05) is 6.61 Å². The van der Waals surface area contributed by atoms with E-state index in [0.29, 0.717) is 0 Å². The Kier molecular flexibility index (Phi) is 6.44. The van der Waals surface area contributed by atoms with E-state index in [0.717, 1.165) is 16.7 Å². The highest BCUT2D eigenvalue weighted by atomic mass is 16.5. The summed E-state index contributed by atoms with van der Waals surface area (Å²) in [6.45, 7) is 4.88. The van der Waals surface area contributed by atoms with Crippen LogP contribution in [0.25, 0.3) is 0 Å².